The van der Waals surface area contributed by atoms with E-state index in [9.17, 15) is 0 Å². The van der Waals surface area contributed by atoms with E-state index in [1.54, 1.807) is 0 Å². The summed E-state index contributed by atoms with van der Waals surface area (Å²) in [6, 6.07) is 4.61. The van der Waals surface area contributed by atoms with E-state index in [1.165, 1.54) is 36.7 Å². The van der Waals surface area contributed by atoms with Crippen molar-refractivity contribution in [2.75, 3.05) is 32.1 Å². The molecule has 1 aliphatic carbocycles. The van der Waals surface area contributed by atoms with Gasteiger partial charge >= 0.3 is 0 Å². The van der Waals surface area contributed by atoms with E-state index in [2.05, 4.69) is 44.5 Å². The second-order valence-electron chi connectivity index (χ2n) is 5.91. The molecule has 0 unspecified atom stereocenters. The largest absolute Gasteiger partial charge is 0.357 e. The molecule has 1 aliphatic rings. The van der Waals surface area contributed by atoms with Crippen molar-refractivity contribution in [3.05, 3.63) is 12.1 Å². The average Bonchev–Trinajstić information content (AvgIpc) is 3.00. The Balaban J connectivity index is 1.56. The highest BCUT2D eigenvalue weighted by Crippen LogP contribution is 2.21. The highest BCUT2D eigenvalue weighted by atomic mass is 15.6. The quantitative estimate of drug-likeness (QED) is 0.825. The first-order valence-corrected chi connectivity index (χ1v) is 7.71. The van der Waals surface area contributed by atoms with Crippen molar-refractivity contribution in [3.63, 3.8) is 0 Å². The van der Waals surface area contributed by atoms with Crippen LogP contribution in [0.4, 0.5) is 5.82 Å². The minimum atomic E-state index is 0.673. The van der Waals surface area contributed by atoms with Crippen LogP contribution in [0.25, 0.3) is 5.65 Å². The first-order chi connectivity index (χ1) is 10.2. The second-order valence-corrected chi connectivity index (χ2v) is 5.91. The summed E-state index contributed by atoms with van der Waals surface area (Å²) in [7, 11) is 4.30. The Kier molecular flexibility index (Phi) is 4.28. The first kappa shape index (κ1) is 14.2. The number of aromatic nitrogens is 5. The summed E-state index contributed by atoms with van der Waals surface area (Å²) in [5, 5.41) is 15.7. The lowest BCUT2D eigenvalue weighted by atomic mass is 9.94. The monoisotopic (exact) mass is 289 g/mol. The fourth-order valence-corrected chi connectivity index (χ4v) is 2.97. The van der Waals surface area contributed by atoms with E-state index >= 15 is 0 Å². The minimum absolute atomic E-state index is 0.673. The van der Waals surface area contributed by atoms with Crippen molar-refractivity contribution in [3.8, 4) is 0 Å². The molecule has 0 spiro atoms. The van der Waals surface area contributed by atoms with Gasteiger partial charge in [-0.05, 0) is 42.4 Å². The molecule has 7 heteroatoms. The van der Waals surface area contributed by atoms with E-state index < -0.39 is 0 Å². The van der Waals surface area contributed by atoms with E-state index in [0.717, 1.165) is 24.9 Å². The third-order valence-electron chi connectivity index (χ3n) is 4.43. The summed E-state index contributed by atoms with van der Waals surface area (Å²) in [5.41, 5.74) is 0.673. The predicted octanol–water partition coefficient (Wildman–Crippen LogP) is 1.22. The number of likely N-dealkylation sites (N-methyl/N-ethyl adjacent to an activating group) is 2. The summed E-state index contributed by atoms with van der Waals surface area (Å²) < 4.78 is 1.47. The third-order valence-corrected chi connectivity index (χ3v) is 4.43. The zero-order valence-electron chi connectivity index (χ0n) is 12.8. The summed E-state index contributed by atoms with van der Waals surface area (Å²) in [6.45, 7) is 2.00. The molecule has 2 aromatic heterocycles. The number of tetrazole rings is 1. The van der Waals surface area contributed by atoms with Gasteiger partial charge in [0.1, 0.15) is 0 Å². The Morgan fingerprint density at radius 1 is 1.14 bits per heavy atom. The SMILES string of the molecule is CN(CCN(C)C1CCCCC1)c1ccc2nnnn2n1. The molecule has 2 aromatic rings. The van der Waals surface area contributed by atoms with Gasteiger partial charge in [-0.2, -0.15) is 0 Å². The van der Waals surface area contributed by atoms with Crippen molar-refractivity contribution in [1.82, 2.24) is 30.2 Å². The van der Waals surface area contributed by atoms with Crippen LogP contribution in [0.15, 0.2) is 12.1 Å². The van der Waals surface area contributed by atoms with Gasteiger partial charge in [0.15, 0.2) is 11.5 Å². The molecule has 0 atom stereocenters. The molecular weight excluding hydrogens is 266 g/mol. The number of hydrogen-bond acceptors (Lipinski definition) is 6. The Morgan fingerprint density at radius 2 is 1.95 bits per heavy atom. The summed E-state index contributed by atoms with van der Waals surface area (Å²) >= 11 is 0. The number of nitrogens with zero attached hydrogens (tertiary/aromatic N) is 7. The lowest BCUT2D eigenvalue weighted by Gasteiger charge is -2.32. The van der Waals surface area contributed by atoms with Gasteiger partial charge in [0, 0.05) is 26.2 Å². The van der Waals surface area contributed by atoms with Crippen LogP contribution in [0.5, 0.6) is 0 Å². The fraction of sp³-hybridized carbons (Fsp3) is 0.714. The van der Waals surface area contributed by atoms with Crippen LogP contribution < -0.4 is 4.90 Å². The van der Waals surface area contributed by atoms with E-state index in [4.69, 9.17) is 0 Å². The molecule has 21 heavy (non-hydrogen) atoms. The van der Waals surface area contributed by atoms with Gasteiger partial charge in [-0.3, -0.25) is 0 Å². The minimum Gasteiger partial charge on any atom is -0.357 e. The van der Waals surface area contributed by atoms with Crippen LogP contribution in [-0.4, -0.2) is 63.4 Å². The van der Waals surface area contributed by atoms with Gasteiger partial charge in [0.05, 0.1) is 0 Å². The second kappa shape index (κ2) is 6.34. The molecule has 0 radical (unpaired) electrons. The highest BCUT2D eigenvalue weighted by Gasteiger charge is 2.18. The van der Waals surface area contributed by atoms with Gasteiger partial charge in [-0.25, -0.2) is 0 Å². The third kappa shape index (κ3) is 3.29. The van der Waals surface area contributed by atoms with Crippen molar-refractivity contribution in [2.45, 2.75) is 38.1 Å². The molecule has 0 N–H and O–H groups in total. The number of rotatable bonds is 5. The van der Waals surface area contributed by atoms with Gasteiger partial charge in [0.25, 0.3) is 0 Å². The Morgan fingerprint density at radius 3 is 2.76 bits per heavy atom. The summed E-state index contributed by atoms with van der Waals surface area (Å²) in [4.78, 5) is 4.64. The zero-order valence-corrected chi connectivity index (χ0v) is 12.8. The Labute approximate surface area is 124 Å². The average molecular weight is 289 g/mol. The number of anilines is 1. The van der Waals surface area contributed by atoms with Gasteiger partial charge in [-0.1, -0.05) is 19.3 Å². The normalized spacial score (nSPS) is 16.7. The van der Waals surface area contributed by atoms with Crippen LogP contribution in [0.1, 0.15) is 32.1 Å². The van der Waals surface area contributed by atoms with Crippen LogP contribution in [0.3, 0.4) is 0 Å². The van der Waals surface area contributed by atoms with Gasteiger partial charge in [-0.15, -0.1) is 14.8 Å². The first-order valence-electron chi connectivity index (χ1n) is 7.71. The van der Waals surface area contributed by atoms with Crippen LogP contribution in [0, 0.1) is 0 Å². The number of fused-ring (bicyclic) bond motifs is 1. The van der Waals surface area contributed by atoms with E-state index in [-0.39, 0.29) is 0 Å². The van der Waals surface area contributed by atoms with Crippen molar-refractivity contribution in [1.29, 1.82) is 0 Å². The molecule has 0 amide bonds. The maximum atomic E-state index is 4.41. The molecular formula is C14H23N7. The van der Waals surface area contributed by atoms with Crippen molar-refractivity contribution < 1.29 is 0 Å². The summed E-state index contributed by atoms with van der Waals surface area (Å²) in [6.07, 6.45) is 6.84. The Bertz CT molecular complexity index is 575. The molecule has 3 rings (SSSR count). The smallest absolute Gasteiger partial charge is 0.200 e. The van der Waals surface area contributed by atoms with Crippen molar-refractivity contribution >= 4 is 11.5 Å². The molecule has 1 saturated carbocycles. The molecule has 1 fully saturated rings. The van der Waals surface area contributed by atoms with Gasteiger partial charge < -0.3 is 9.80 Å². The molecule has 7 nitrogen and oxygen atoms in total. The predicted molar refractivity (Wildman–Crippen MR) is 81.4 cm³/mol. The topological polar surface area (TPSA) is 62.5 Å². The fourth-order valence-electron chi connectivity index (χ4n) is 2.97. The van der Waals surface area contributed by atoms with Crippen LogP contribution in [0.2, 0.25) is 0 Å². The van der Waals surface area contributed by atoms with Crippen molar-refractivity contribution in [2.24, 2.45) is 0 Å². The maximum absolute atomic E-state index is 4.41. The maximum Gasteiger partial charge on any atom is 0.200 e. The van der Waals surface area contributed by atoms with E-state index in [1.807, 2.05) is 12.1 Å². The molecule has 0 bridgehead atoms. The van der Waals surface area contributed by atoms with Crippen LogP contribution >= 0.6 is 0 Å². The number of hydrogen-bond donors (Lipinski definition) is 0. The lowest BCUT2D eigenvalue weighted by molar-refractivity contribution is 0.196. The molecule has 114 valence electrons. The molecule has 0 aliphatic heterocycles. The molecule has 0 saturated heterocycles. The van der Waals surface area contributed by atoms with Gasteiger partial charge in [0.2, 0.25) is 0 Å². The highest BCUT2D eigenvalue weighted by molar-refractivity contribution is 5.43. The lowest BCUT2D eigenvalue weighted by Crippen LogP contribution is -2.38. The molecule has 2 heterocycles. The van der Waals surface area contributed by atoms with Crippen LogP contribution in [-0.2, 0) is 0 Å². The molecule has 0 aromatic carbocycles. The van der Waals surface area contributed by atoms with E-state index in [0.29, 0.717) is 5.65 Å². The standard InChI is InChI=1S/C14H23N7/c1-19(12-6-4-3-5-7-12)10-11-20(2)14-9-8-13-15-17-18-21(13)16-14/h8-9,12H,3-7,10-11H2,1-2H3. The summed E-state index contributed by atoms with van der Waals surface area (Å²) in [5.74, 6) is 0.895. The Hall–Kier alpha value is -1.76. The zero-order chi connectivity index (χ0) is 14.7.